The van der Waals surface area contributed by atoms with Gasteiger partial charge in [-0.2, -0.15) is 0 Å². The van der Waals surface area contributed by atoms with Crippen LogP contribution in [0.25, 0.3) is 0 Å². The average Bonchev–Trinajstić information content (AvgIpc) is 2.48. The van der Waals surface area contributed by atoms with Gasteiger partial charge in [-0.15, -0.1) is 0 Å². The van der Waals surface area contributed by atoms with Crippen molar-refractivity contribution in [3.05, 3.63) is 58.6 Å². The Morgan fingerprint density at radius 3 is 2.22 bits per heavy atom. The molecule has 0 aliphatic heterocycles. The second kappa shape index (κ2) is 7.15. The summed E-state index contributed by atoms with van der Waals surface area (Å²) in [5.41, 5.74) is 1.62. The van der Waals surface area contributed by atoms with E-state index >= 15 is 0 Å². The summed E-state index contributed by atoms with van der Waals surface area (Å²) < 4.78 is 5.65. The number of aliphatic carboxylic acids is 2. The summed E-state index contributed by atoms with van der Waals surface area (Å²) in [6.45, 7) is 1.92. The maximum atomic E-state index is 10.9. The van der Waals surface area contributed by atoms with Gasteiger partial charge in [-0.1, -0.05) is 29.8 Å². The molecular formula is C17H15ClO5. The van der Waals surface area contributed by atoms with Crippen LogP contribution >= 0.6 is 11.6 Å². The van der Waals surface area contributed by atoms with Crippen LogP contribution in [0.5, 0.6) is 11.5 Å². The Kier molecular flexibility index (Phi) is 5.24. The zero-order valence-electron chi connectivity index (χ0n) is 12.3. The highest BCUT2D eigenvalue weighted by Crippen LogP contribution is 2.30. The Morgan fingerprint density at radius 1 is 1.09 bits per heavy atom. The molecule has 6 heteroatoms. The monoisotopic (exact) mass is 334 g/mol. The Bertz CT molecular complexity index is 710. The summed E-state index contributed by atoms with van der Waals surface area (Å²) in [6, 6.07) is 12.0. The lowest BCUT2D eigenvalue weighted by atomic mass is 10.00. The van der Waals surface area contributed by atoms with Crippen molar-refractivity contribution in [1.82, 2.24) is 0 Å². The fourth-order valence-electron chi connectivity index (χ4n) is 2.03. The number of carboxylic acids is 2. The van der Waals surface area contributed by atoms with E-state index in [1.165, 1.54) is 0 Å². The van der Waals surface area contributed by atoms with Crippen molar-refractivity contribution < 1.29 is 24.5 Å². The summed E-state index contributed by atoms with van der Waals surface area (Å²) in [5.74, 6) is -3.14. The van der Waals surface area contributed by atoms with E-state index in [-0.39, 0.29) is 6.42 Å². The quantitative estimate of drug-likeness (QED) is 0.786. The highest BCUT2D eigenvalue weighted by atomic mass is 35.5. The van der Waals surface area contributed by atoms with Crippen molar-refractivity contribution in [3.63, 3.8) is 0 Å². The van der Waals surface area contributed by atoms with Crippen molar-refractivity contribution in [2.24, 2.45) is 5.92 Å². The van der Waals surface area contributed by atoms with E-state index < -0.39 is 17.9 Å². The molecular weight excluding hydrogens is 320 g/mol. The lowest BCUT2D eigenvalue weighted by molar-refractivity contribution is -0.154. The van der Waals surface area contributed by atoms with Crippen molar-refractivity contribution in [2.75, 3.05) is 0 Å². The smallest absolute Gasteiger partial charge is 0.318 e. The Balaban J connectivity index is 2.10. The molecule has 0 heterocycles. The number of rotatable bonds is 6. The van der Waals surface area contributed by atoms with E-state index in [0.29, 0.717) is 22.1 Å². The van der Waals surface area contributed by atoms with Crippen LogP contribution in [0.2, 0.25) is 5.02 Å². The first-order valence-corrected chi connectivity index (χ1v) is 7.23. The SMILES string of the molecule is Cc1ccc(Oc2ccc(CC(C(=O)O)C(=O)O)cc2)c(Cl)c1. The number of ether oxygens (including phenoxy) is 1. The predicted molar refractivity (Wildman–Crippen MR) is 85.2 cm³/mol. The van der Waals surface area contributed by atoms with Gasteiger partial charge in [0.1, 0.15) is 11.5 Å². The fourth-order valence-corrected chi connectivity index (χ4v) is 2.30. The minimum absolute atomic E-state index is 0.0871. The number of carboxylic acid groups (broad SMARTS) is 2. The zero-order chi connectivity index (χ0) is 17.0. The summed E-state index contributed by atoms with van der Waals surface area (Å²) >= 11 is 6.09. The van der Waals surface area contributed by atoms with Gasteiger partial charge in [-0.3, -0.25) is 9.59 Å². The van der Waals surface area contributed by atoms with Crippen LogP contribution < -0.4 is 4.74 Å². The first-order chi connectivity index (χ1) is 10.9. The molecule has 2 aromatic carbocycles. The van der Waals surface area contributed by atoms with Crippen LogP contribution in [-0.2, 0) is 16.0 Å². The van der Waals surface area contributed by atoms with E-state index in [0.717, 1.165) is 5.56 Å². The first kappa shape index (κ1) is 16.8. The Hall–Kier alpha value is -2.53. The van der Waals surface area contributed by atoms with Gasteiger partial charge in [0, 0.05) is 0 Å². The lowest BCUT2D eigenvalue weighted by Crippen LogP contribution is -2.25. The minimum Gasteiger partial charge on any atom is -0.481 e. The van der Waals surface area contributed by atoms with Crippen LogP contribution in [0.4, 0.5) is 0 Å². The zero-order valence-corrected chi connectivity index (χ0v) is 13.1. The third-order valence-electron chi connectivity index (χ3n) is 3.27. The van der Waals surface area contributed by atoms with Crippen LogP contribution in [0.1, 0.15) is 11.1 Å². The molecule has 0 aliphatic rings. The highest BCUT2D eigenvalue weighted by molar-refractivity contribution is 6.32. The second-order valence-corrected chi connectivity index (χ2v) is 5.52. The predicted octanol–water partition coefficient (Wildman–Crippen LogP) is 3.77. The van der Waals surface area contributed by atoms with Gasteiger partial charge >= 0.3 is 11.9 Å². The highest BCUT2D eigenvalue weighted by Gasteiger charge is 2.25. The summed E-state index contributed by atoms with van der Waals surface area (Å²) in [4.78, 5) is 21.8. The molecule has 2 rings (SSSR count). The number of halogens is 1. The first-order valence-electron chi connectivity index (χ1n) is 6.85. The van der Waals surface area contributed by atoms with Crippen molar-refractivity contribution >= 4 is 23.5 Å². The summed E-state index contributed by atoms with van der Waals surface area (Å²) in [6.07, 6.45) is -0.0871. The summed E-state index contributed by atoms with van der Waals surface area (Å²) in [7, 11) is 0. The number of hydrogen-bond acceptors (Lipinski definition) is 3. The molecule has 23 heavy (non-hydrogen) atoms. The van der Waals surface area contributed by atoms with Gasteiger partial charge in [-0.05, 0) is 48.7 Å². The number of aryl methyl sites for hydroxylation is 1. The van der Waals surface area contributed by atoms with Crippen molar-refractivity contribution in [1.29, 1.82) is 0 Å². The third-order valence-corrected chi connectivity index (χ3v) is 3.57. The number of hydrogen-bond donors (Lipinski definition) is 2. The second-order valence-electron chi connectivity index (χ2n) is 5.11. The van der Waals surface area contributed by atoms with Crippen LogP contribution in [-0.4, -0.2) is 22.2 Å². The molecule has 0 aliphatic carbocycles. The summed E-state index contributed by atoms with van der Waals surface area (Å²) in [5, 5.41) is 18.3. The fraction of sp³-hybridized carbons (Fsp3) is 0.176. The molecule has 0 saturated heterocycles. The van der Waals surface area contributed by atoms with Gasteiger partial charge in [-0.25, -0.2) is 0 Å². The molecule has 5 nitrogen and oxygen atoms in total. The maximum absolute atomic E-state index is 10.9. The molecule has 0 bridgehead atoms. The van der Waals surface area contributed by atoms with Crippen molar-refractivity contribution in [3.8, 4) is 11.5 Å². The standard InChI is InChI=1S/C17H15ClO5/c1-10-2-7-15(14(18)8-10)23-12-5-3-11(4-6-12)9-13(16(19)20)17(21)22/h2-8,13H,9H2,1H3,(H,19,20)(H,21,22). The topological polar surface area (TPSA) is 83.8 Å². The van der Waals surface area contributed by atoms with Gasteiger partial charge in [0.25, 0.3) is 0 Å². The van der Waals surface area contributed by atoms with Crippen LogP contribution in [0.15, 0.2) is 42.5 Å². The molecule has 0 atom stereocenters. The molecule has 0 saturated carbocycles. The maximum Gasteiger partial charge on any atom is 0.318 e. The Morgan fingerprint density at radius 2 is 1.70 bits per heavy atom. The largest absolute Gasteiger partial charge is 0.481 e. The lowest BCUT2D eigenvalue weighted by Gasteiger charge is -2.10. The molecule has 0 spiro atoms. The van der Waals surface area contributed by atoms with Gasteiger partial charge in [0.15, 0.2) is 5.92 Å². The normalized spacial score (nSPS) is 10.6. The van der Waals surface area contributed by atoms with Crippen LogP contribution in [0, 0.1) is 12.8 Å². The number of carbonyl (C=O) groups is 2. The van der Waals surface area contributed by atoms with Gasteiger partial charge in [0.05, 0.1) is 5.02 Å². The Labute approximate surface area is 138 Å². The molecule has 2 aromatic rings. The molecule has 120 valence electrons. The molecule has 0 unspecified atom stereocenters. The van der Waals surface area contributed by atoms with Gasteiger partial charge in [0.2, 0.25) is 0 Å². The minimum atomic E-state index is -1.46. The van der Waals surface area contributed by atoms with E-state index in [2.05, 4.69) is 0 Å². The molecule has 0 aromatic heterocycles. The number of benzene rings is 2. The van der Waals surface area contributed by atoms with E-state index in [1.54, 1.807) is 36.4 Å². The average molecular weight is 335 g/mol. The van der Waals surface area contributed by atoms with E-state index in [4.69, 9.17) is 26.6 Å². The van der Waals surface area contributed by atoms with Gasteiger partial charge < -0.3 is 14.9 Å². The molecule has 0 fully saturated rings. The van der Waals surface area contributed by atoms with Crippen LogP contribution in [0.3, 0.4) is 0 Å². The molecule has 2 N–H and O–H groups in total. The van der Waals surface area contributed by atoms with Crippen molar-refractivity contribution in [2.45, 2.75) is 13.3 Å². The van der Waals surface area contributed by atoms with E-state index in [1.807, 2.05) is 13.0 Å². The molecule has 0 amide bonds. The third kappa shape index (κ3) is 4.47. The molecule has 0 radical (unpaired) electrons. The van der Waals surface area contributed by atoms with E-state index in [9.17, 15) is 9.59 Å².